The molecule has 0 aliphatic rings. The monoisotopic (exact) mass is 361 g/mol. The molecule has 7 nitrogen and oxygen atoms in total. The molecule has 0 radical (unpaired) electrons. The number of hydrogen-bond acceptors (Lipinski definition) is 5. The first-order valence-electron chi connectivity index (χ1n) is 8.01. The number of nitro benzene ring substituents is 1. The third-order valence-corrected chi connectivity index (χ3v) is 3.46. The van der Waals surface area contributed by atoms with Gasteiger partial charge in [0.1, 0.15) is 11.6 Å². The van der Waals surface area contributed by atoms with Crippen LogP contribution in [0.25, 0.3) is 0 Å². The van der Waals surface area contributed by atoms with Gasteiger partial charge in [-0.05, 0) is 38.5 Å². The van der Waals surface area contributed by atoms with Gasteiger partial charge in [-0.1, -0.05) is 6.07 Å². The zero-order chi connectivity index (χ0) is 19.3. The lowest BCUT2D eigenvalue weighted by Gasteiger charge is -2.13. The van der Waals surface area contributed by atoms with Crippen molar-refractivity contribution in [1.82, 2.24) is 0 Å². The Morgan fingerprint density at radius 1 is 1.23 bits per heavy atom. The Kier molecular flexibility index (Phi) is 6.11. The summed E-state index contributed by atoms with van der Waals surface area (Å²) in [5, 5.41) is 16.1. The Balaban J connectivity index is 1.99. The fourth-order valence-corrected chi connectivity index (χ4v) is 2.21. The molecule has 2 N–H and O–H groups in total. The summed E-state index contributed by atoms with van der Waals surface area (Å²) in [6, 6.07) is 8.53. The molecule has 0 aliphatic carbocycles. The number of carbonyl (C=O) groups excluding carboxylic acids is 1. The first-order chi connectivity index (χ1) is 12.3. The summed E-state index contributed by atoms with van der Waals surface area (Å²) in [7, 11) is 0. The van der Waals surface area contributed by atoms with Crippen LogP contribution in [-0.2, 0) is 4.79 Å². The van der Waals surface area contributed by atoms with Crippen LogP contribution in [0.2, 0.25) is 0 Å². The second-order valence-electron chi connectivity index (χ2n) is 5.97. The second-order valence-corrected chi connectivity index (χ2v) is 5.97. The summed E-state index contributed by atoms with van der Waals surface area (Å²) in [5.74, 6) is -0.585. The number of nitrogens with one attached hydrogen (secondary N) is 2. The van der Waals surface area contributed by atoms with E-state index >= 15 is 0 Å². The summed E-state index contributed by atoms with van der Waals surface area (Å²) < 4.78 is 19.4. The van der Waals surface area contributed by atoms with Crippen LogP contribution >= 0.6 is 0 Å². The molecule has 0 saturated carbocycles. The summed E-state index contributed by atoms with van der Waals surface area (Å²) in [4.78, 5) is 22.3. The van der Waals surface area contributed by atoms with Gasteiger partial charge in [-0.2, -0.15) is 0 Å². The van der Waals surface area contributed by atoms with Gasteiger partial charge < -0.3 is 15.4 Å². The molecule has 0 aliphatic heterocycles. The molecule has 0 heterocycles. The molecule has 8 heteroatoms. The van der Waals surface area contributed by atoms with Gasteiger partial charge in [-0.3, -0.25) is 14.9 Å². The first-order valence-corrected chi connectivity index (χ1v) is 8.01. The van der Waals surface area contributed by atoms with E-state index in [0.29, 0.717) is 17.0 Å². The highest BCUT2D eigenvalue weighted by molar-refractivity contribution is 5.94. The molecular formula is C18H20FN3O4. The van der Waals surface area contributed by atoms with Crippen molar-refractivity contribution in [1.29, 1.82) is 0 Å². The van der Waals surface area contributed by atoms with E-state index < -0.39 is 16.6 Å². The maximum absolute atomic E-state index is 14.0. The Labute approximate surface area is 150 Å². The molecule has 0 saturated heterocycles. The van der Waals surface area contributed by atoms with Gasteiger partial charge in [-0.15, -0.1) is 0 Å². The number of carbonyl (C=O) groups is 1. The number of anilines is 2. The zero-order valence-electron chi connectivity index (χ0n) is 14.7. The molecule has 0 bridgehead atoms. The molecule has 2 aromatic carbocycles. The molecule has 0 atom stereocenters. The second kappa shape index (κ2) is 8.28. The minimum atomic E-state index is -0.539. The smallest absolute Gasteiger partial charge is 0.271 e. The average Bonchev–Trinajstić information content (AvgIpc) is 2.55. The van der Waals surface area contributed by atoms with E-state index in [4.69, 9.17) is 4.74 Å². The summed E-state index contributed by atoms with van der Waals surface area (Å²) in [6.07, 6.45) is -0.0721. The van der Waals surface area contributed by atoms with Crippen molar-refractivity contribution >= 4 is 23.0 Å². The van der Waals surface area contributed by atoms with E-state index in [2.05, 4.69) is 10.6 Å². The minimum absolute atomic E-state index is 0.0721. The molecule has 0 unspecified atom stereocenters. The molecule has 0 aromatic heterocycles. The van der Waals surface area contributed by atoms with Gasteiger partial charge >= 0.3 is 0 Å². The minimum Gasteiger partial charge on any atom is -0.491 e. The Morgan fingerprint density at radius 2 is 1.96 bits per heavy atom. The van der Waals surface area contributed by atoms with E-state index in [9.17, 15) is 19.3 Å². The van der Waals surface area contributed by atoms with Crippen LogP contribution in [-0.4, -0.2) is 23.5 Å². The number of halogens is 1. The SMILES string of the molecule is Cc1ccc([N+](=O)[O-])cc1NC(=O)CNc1ccc(OC(C)C)cc1F. The molecule has 2 rings (SSSR count). The maximum Gasteiger partial charge on any atom is 0.271 e. The predicted molar refractivity (Wildman–Crippen MR) is 97.1 cm³/mol. The highest BCUT2D eigenvalue weighted by Gasteiger charge is 2.12. The number of non-ortho nitro benzene ring substituents is 1. The van der Waals surface area contributed by atoms with Crippen molar-refractivity contribution in [2.24, 2.45) is 0 Å². The number of benzene rings is 2. The molecule has 26 heavy (non-hydrogen) atoms. The molecule has 1 amide bonds. The number of nitrogens with zero attached hydrogens (tertiary/aromatic N) is 1. The number of aryl methyl sites for hydroxylation is 1. The van der Waals surface area contributed by atoms with Crippen molar-refractivity contribution in [3.05, 3.63) is 57.9 Å². The van der Waals surface area contributed by atoms with Crippen LogP contribution in [0, 0.1) is 22.9 Å². The lowest BCUT2D eigenvalue weighted by atomic mass is 10.2. The zero-order valence-corrected chi connectivity index (χ0v) is 14.7. The maximum atomic E-state index is 14.0. The average molecular weight is 361 g/mol. The van der Waals surface area contributed by atoms with Crippen molar-refractivity contribution in [2.45, 2.75) is 26.9 Å². The van der Waals surface area contributed by atoms with E-state index in [0.717, 1.165) is 0 Å². The van der Waals surface area contributed by atoms with Crippen LogP contribution < -0.4 is 15.4 Å². The number of ether oxygens (including phenoxy) is 1. The van der Waals surface area contributed by atoms with Crippen LogP contribution in [0.4, 0.5) is 21.5 Å². The van der Waals surface area contributed by atoms with Crippen LogP contribution in [0.1, 0.15) is 19.4 Å². The highest BCUT2D eigenvalue weighted by atomic mass is 19.1. The van der Waals surface area contributed by atoms with Crippen molar-refractivity contribution in [3.63, 3.8) is 0 Å². The normalized spacial score (nSPS) is 10.5. The summed E-state index contributed by atoms with van der Waals surface area (Å²) >= 11 is 0. The number of amides is 1. The quantitative estimate of drug-likeness (QED) is 0.577. The molecular weight excluding hydrogens is 341 g/mol. The van der Waals surface area contributed by atoms with Gasteiger partial charge in [0.15, 0.2) is 0 Å². The van der Waals surface area contributed by atoms with Crippen molar-refractivity contribution < 1.29 is 18.8 Å². The summed E-state index contributed by atoms with van der Waals surface area (Å²) in [5.41, 5.74) is 1.06. The molecule has 138 valence electrons. The largest absolute Gasteiger partial charge is 0.491 e. The van der Waals surface area contributed by atoms with Crippen LogP contribution in [0.3, 0.4) is 0 Å². The summed E-state index contributed by atoms with van der Waals surface area (Å²) in [6.45, 7) is 5.21. The standard InChI is InChI=1S/C18H20FN3O4/c1-11(2)26-14-6-7-16(15(19)9-14)20-10-18(23)21-17-8-13(22(24)25)5-4-12(17)3/h4-9,11,20H,10H2,1-3H3,(H,21,23). The third kappa shape index (κ3) is 5.17. The molecule has 0 spiro atoms. The van der Waals surface area contributed by atoms with Gasteiger partial charge in [0, 0.05) is 18.2 Å². The van der Waals surface area contributed by atoms with Gasteiger partial charge in [-0.25, -0.2) is 4.39 Å². The van der Waals surface area contributed by atoms with Gasteiger partial charge in [0.05, 0.1) is 28.9 Å². The van der Waals surface area contributed by atoms with E-state index in [1.807, 2.05) is 13.8 Å². The fourth-order valence-electron chi connectivity index (χ4n) is 2.21. The number of nitro groups is 1. The van der Waals surface area contributed by atoms with Crippen LogP contribution in [0.5, 0.6) is 5.75 Å². The van der Waals surface area contributed by atoms with Gasteiger partial charge in [0.2, 0.25) is 5.91 Å². The molecule has 0 fully saturated rings. The van der Waals surface area contributed by atoms with E-state index in [1.165, 1.54) is 24.3 Å². The number of rotatable bonds is 7. The fraction of sp³-hybridized carbons (Fsp3) is 0.278. The van der Waals surface area contributed by atoms with E-state index in [-0.39, 0.29) is 24.0 Å². The Morgan fingerprint density at radius 3 is 2.58 bits per heavy atom. The third-order valence-electron chi connectivity index (χ3n) is 3.46. The van der Waals surface area contributed by atoms with E-state index in [1.54, 1.807) is 19.1 Å². The predicted octanol–water partition coefficient (Wildman–Crippen LogP) is 3.88. The Bertz CT molecular complexity index is 824. The van der Waals surface area contributed by atoms with Gasteiger partial charge in [0.25, 0.3) is 5.69 Å². The Hall–Kier alpha value is -3.16. The molecule has 2 aromatic rings. The lowest BCUT2D eigenvalue weighted by molar-refractivity contribution is -0.384. The highest BCUT2D eigenvalue weighted by Crippen LogP contribution is 2.23. The van der Waals surface area contributed by atoms with Crippen molar-refractivity contribution in [3.8, 4) is 5.75 Å². The van der Waals surface area contributed by atoms with Crippen molar-refractivity contribution in [2.75, 3.05) is 17.2 Å². The lowest BCUT2D eigenvalue weighted by Crippen LogP contribution is -2.22. The first kappa shape index (κ1) is 19.2. The van der Waals surface area contributed by atoms with Crippen LogP contribution in [0.15, 0.2) is 36.4 Å². The number of hydrogen-bond donors (Lipinski definition) is 2. The topological polar surface area (TPSA) is 93.5 Å².